The van der Waals surface area contributed by atoms with Gasteiger partial charge in [0.1, 0.15) is 10.8 Å². The molecule has 3 nitrogen and oxygen atoms in total. The van der Waals surface area contributed by atoms with Crippen molar-refractivity contribution in [1.82, 2.24) is 15.2 Å². The SMILES string of the molecule is CCN(C)CCNCc1csc(-c2ccc(F)cc2)n1. The fourth-order valence-corrected chi connectivity index (χ4v) is 2.58. The minimum absolute atomic E-state index is 0.216. The van der Waals surface area contributed by atoms with Crippen LogP contribution in [0.15, 0.2) is 29.6 Å². The molecule has 0 aliphatic rings. The molecule has 0 spiro atoms. The predicted molar refractivity (Wildman–Crippen MR) is 82.4 cm³/mol. The van der Waals surface area contributed by atoms with Gasteiger partial charge >= 0.3 is 0 Å². The predicted octanol–water partition coefficient (Wildman–Crippen LogP) is 2.99. The molecular formula is C15H20FN3S. The number of aromatic nitrogens is 1. The molecule has 108 valence electrons. The highest BCUT2D eigenvalue weighted by atomic mass is 32.1. The topological polar surface area (TPSA) is 28.2 Å². The van der Waals surface area contributed by atoms with Crippen LogP contribution in [0.1, 0.15) is 12.6 Å². The standard InChI is InChI=1S/C15H20FN3S/c1-3-19(2)9-8-17-10-14-11-20-15(18-14)12-4-6-13(16)7-5-12/h4-7,11,17H,3,8-10H2,1-2H3. The lowest BCUT2D eigenvalue weighted by atomic mass is 10.2. The van der Waals surface area contributed by atoms with Crippen LogP contribution in [0.2, 0.25) is 0 Å². The van der Waals surface area contributed by atoms with E-state index in [0.717, 1.165) is 42.4 Å². The molecule has 0 bridgehead atoms. The van der Waals surface area contributed by atoms with Crippen LogP contribution in [0.4, 0.5) is 4.39 Å². The molecule has 2 rings (SSSR count). The molecule has 5 heteroatoms. The van der Waals surface area contributed by atoms with Gasteiger partial charge in [0.15, 0.2) is 0 Å². The number of benzene rings is 1. The Balaban J connectivity index is 1.85. The zero-order chi connectivity index (χ0) is 14.4. The van der Waals surface area contributed by atoms with Crippen molar-refractivity contribution in [3.8, 4) is 10.6 Å². The van der Waals surface area contributed by atoms with E-state index in [1.165, 1.54) is 12.1 Å². The summed E-state index contributed by atoms with van der Waals surface area (Å²) in [4.78, 5) is 6.83. The van der Waals surface area contributed by atoms with E-state index < -0.39 is 0 Å². The number of nitrogens with one attached hydrogen (secondary N) is 1. The highest BCUT2D eigenvalue weighted by molar-refractivity contribution is 7.13. The van der Waals surface area contributed by atoms with E-state index in [1.54, 1.807) is 23.5 Å². The van der Waals surface area contributed by atoms with E-state index in [4.69, 9.17) is 0 Å². The first-order chi connectivity index (χ1) is 9.69. The third-order valence-corrected chi connectivity index (χ3v) is 4.10. The molecule has 0 unspecified atom stereocenters. The van der Waals surface area contributed by atoms with Crippen molar-refractivity contribution in [2.75, 3.05) is 26.7 Å². The van der Waals surface area contributed by atoms with Crippen molar-refractivity contribution < 1.29 is 4.39 Å². The normalized spacial score (nSPS) is 11.2. The van der Waals surface area contributed by atoms with Gasteiger partial charge in [-0.1, -0.05) is 6.92 Å². The summed E-state index contributed by atoms with van der Waals surface area (Å²) in [5.74, 6) is -0.216. The first-order valence-electron chi connectivity index (χ1n) is 6.78. The molecular weight excluding hydrogens is 273 g/mol. The van der Waals surface area contributed by atoms with Crippen LogP contribution in [0.25, 0.3) is 10.6 Å². The Morgan fingerprint density at radius 2 is 2.05 bits per heavy atom. The van der Waals surface area contributed by atoms with Gasteiger partial charge in [-0.3, -0.25) is 0 Å². The minimum atomic E-state index is -0.216. The van der Waals surface area contributed by atoms with E-state index in [9.17, 15) is 4.39 Å². The fourth-order valence-electron chi connectivity index (χ4n) is 1.76. The number of thiazole rings is 1. The molecule has 0 radical (unpaired) electrons. The van der Waals surface area contributed by atoms with Crippen LogP contribution in [-0.2, 0) is 6.54 Å². The van der Waals surface area contributed by atoms with E-state index in [0.29, 0.717) is 0 Å². The molecule has 1 heterocycles. The van der Waals surface area contributed by atoms with Crippen LogP contribution in [0.5, 0.6) is 0 Å². The summed E-state index contributed by atoms with van der Waals surface area (Å²) in [6, 6.07) is 6.47. The van der Waals surface area contributed by atoms with E-state index in [-0.39, 0.29) is 5.82 Å². The average Bonchev–Trinajstić information content (AvgIpc) is 2.93. The Hall–Kier alpha value is -1.30. The Bertz CT molecular complexity index is 524. The molecule has 1 aromatic carbocycles. The van der Waals surface area contributed by atoms with Gasteiger partial charge in [-0.25, -0.2) is 9.37 Å². The quantitative estimate of drug-likeness (QED) is 0.796. The number of rotatable bonds is 7. The number of halogens is 1. The zero-order valence-corrected chi connectivity index (χ0v) is 12.7. The van der Waals surface area contributed by atoms with Crippen molar-refractivity contribution in [2.24, 2.45) is 0 Å². The van der Waals surface area contributed by atoms with Crippen molar-refractivity contribution >= 4 is 11.3 Å². The summed E-state index contributed by atoms with van der Waals surface area (Å²) in [5, 5.41) is 6.37. The zero-order valence-electron chi connectivity index (χ0n) is 11.9. The maximum Gasteiger partial charge on any atom is 0.123 e. The molecule has 0 fully saturated rings. The Morgan fingerprint density at radius 1 is 1.30 bits per heavy atom. The molecule has 0 aliphatic heterocycles. The Kier molecular flexibility index (Phi) is 5.64. The van der Waals surface area contributed by atoms with E-state index in [1.807, 2.05) is 0 Å². The van der Waals surface area contributed by atoms with E-state index in [2.05, 4.69) is 34.6 Å². The lowest BCUT2D eigenvalue weighted by Gasteiger charge is -2.13. The average molecular weight is 293 g/mol. The molecule has 0 atom stereocenters. The second-order valence-corrected chi connectivity index (χ2v) is 5.58. The number of nitrogens with zero attached hydrogens (tertiary/aromatic N) is 2. The van der Waals surface area contributed by atoms with Gasteiger partial charge in [0.2, 0.25) is 0 Å². The summed E-state index contributed by atoms with van der Waals surface area (Å²) in [6.07, 6.45) is 0. The van der Waals surface area contributed by atoms with Gasteiger partial charge in [0.05, 0.1) is 5.69 Å². The maximum absolute atomic E-state index is 12.9. The lowest BCUT2D eigenvalue weighted by Crippen LogP contribution is -2.28. The highest BCUT2D eigenvalue weighted by Crippen LogP contribution is 2.23. The second-order valence-electron chi connectivity index (χ2n) is 4.72. The molecule has 1 aromatic heterocycles. The maximum atomic E-state index is 12.9. The molecule has 0 aliphatic carbocycles. The third-order valence-electron chi connectivity index (χ3n) is 3.16. The summed E-state index contributed by atoms with van der Waals surface area (Å²) in [5.41, 5.74) is 2.00. The monoisotopic (exact) mass is 293 g/mol. The largest absolute Gasteiger partial charge is 0.310 e. The van der Waals surface area contributed by atoms with Gasteiger partial charge in [0.25, 0.3) is 0 Å². The highest BCUT2D eigenvalue weighted by Gasteiger charge is 2.04. The van der Waals surface area contributed by atoms with Crippen LogP contribution in [0.3, 0.4) is 0 Å². The molecule has 0 saturated heterocycles. The molecule has 20 heavy (non-hydrogen) atoms. The second kappa shape index (κ2) is 7.47. The van der Waals surface area contributed by atoms with E-state index >= 15 is 0 Å². The number of likely N-dealkylation sites (N-methyl/N-ethyl adjacent to an activating group) is 1. The van der Waals surface area contributed by atoms with Crippen molar-refractivity contribution in [2.45, 2.75) is 13.5 Å². The van der Waals surface area contributed by atoms with Crippen molar-refractivity contribution in [3.05, 3.63) is 41.2 Å². The third kappa shape index (κ3) is 4.37. The van der Waals surface area contributed by atoms with Crippen molar-refractivity contribution in [3.63, 3.8) is 0 Å². The minimum Gasteiger partial charge on any atom is -0.310 e. The van der Waals surface area contributed by atoms with Gasteiger partial charge in [-0.15, -0.1) is 11.3 Å². The summed E-state index contributed by atoms with van der Waals surface area (Å²) >= 11 is 1.59. The summed E-state index contributed by atoms with van der Waals surface area (Å²) in [6.45, 7) is 5.97. The Labute approximate surface area is 123 Å². The Morgan fingerprint density at radius 3 is 2.75 bits per heavy atom. The fraction of sp³-hybridized carbons (Fsp3) is 0.400. The molecule has 1 N–H and O–H groups in total. The molecule has 2 aromatic rings. The number of hydrogen-bond acceptors (Lipinski definition) is 4. The first-order valence-corrected chi connectivity index (χ1v) is 7.66. The van der Waals surface area contributed by atoms with Crippen LogP contribution < -0.4 is 5.32 Å². The van der Waals surface area contributed by atoms with Crippen molar-refractivity contribution in [1.29, 1.82) is 0 Å². The van der Waals surface area contributed by atoms with Gasteiger partial charge < -0.3 is 10.2 Å². The smallest absolute Gasteiger partial charge is 0.123 e. The van der Waals surface area contributed by atoms with Gasteiger partial charge in [-0.05, 0) is 37.9 Å². The van der Waals surface area contributed by atoms with Crippen LogP contribution in [-0.4, -0.2) is 36.6 Å². The van der Waals surface area contributed by atoms with Crippen LogP contribution in [0, 0.1) is 5.82 Å². The molecule has 0 amide bonds. The number of hydrogen-bond donors (Lipinski definition) is 1. The summed E-state index contributed by atoms with van der Waals surface area (Å²) in [7, 11) is 2.11. The lowest BCUT2D eigenvalue weighted by molar-refractivity contribution is 0.348. The van der Waals surface area contributed by atoms with Gasteiger partial charge in [-0.2, -0.15) is 0 Å². The first kappa shape index (κ1) is 15.1. The molecule has 0 saturated carbocycles. The van der Waals surface area contributed by atoms with Crippen LogP contribution >= 0.6 is 11.3 Å². The van der Waals surface area contributed by atoms with Gasteiger partial charge in [0, 0.05) is 30.6 Å². The summed E-state index contributed by atoms with van der Waals surface area (Å²) < 4.78 is 12.9.